The van der Waals surface area contributed by atoms with E-state index in [1.165, 1.54) is 0 Å². The minimum Gasteiger partial charge on any atom is -0.497 e. The molecular formula is C15H21NO4. The summed E-state index contributed by atoms with van der Waals surface area (Å²) in [4.78, 5) is 13.7. The van der Waals surface area contributed by atoms with E-state index in [9.17, 15) is 4.79 Å². The molecule has 0 unspecified atom stereocenters. The number of nitrogens with zero attached hydrogens (tertiary/aromatic N) is 1. The molecule has 0 N–H and O–H groups in total. The molecule has 0 spiro atoms. The number of methoxy groups -OCH3 is 1. The number of rotatable bonds is 6. The molecule has 1 aliphatic heterocycles. The lowest BCUT2D eigenvalue weighted by atomic mass is 10.2. The van der Waals surface area contributed by atoms with E-state index in [-0.39, 0.29) is 12.0 Å². The van der Waals surface area contributed by atoms with Crippen molar-refractivity contribution in [3.05, 3.63) is 24.3 Å². The van der Waals surface area contributed by atoms with Gasteiger partial charge in [-0.1, -0.05) is 0 Å². The van der Waals surface area contributed by atoms with Crippen molar-refractivity contribution in [3.63, 3.8) is 0 Å². The lowest BCUT2D eigenvalue weighted by molar-refractivity contribution is -0.139. The predicted octanol–water partition coefficient (Wildman–Crippen LogP) is 1.71. The van der Waals surface area contributed by atoms with Crippen molar-refractivity contribution in [2.45, 2.75) is 18.9 Å². The number of hydrogen-bond donors (Lipinski definition) is 0. The second kappa shape index (κ2) is 7.14. The van der Waals surface area contributed by atoms with Crippen molar-refractivity contribution in [1.82, 2.24) is 4.90 Å². The van der Waals surface area contributed by atoms with E-state index in [4.69, 9.17) is 14.2 Å². The summed E-state index contributed by atoms with van der Waals surface area (Å²) in [5.41, 5.74) is 0. The monoisotopic (exact) mass is 279 g/mol. The zero-order valence-corrected chi connectivity index (χ0v) is 12.0. The first-order valence-corrected chi connectivity index (χ1v) is 6.84. The van der Waals surface area contributed by atoms with Crippen LogP contribution in [0.3, 0.4) is 0 Å². The average Bonchev–Trinajstić information content (AvgIpc) is 3.01. The fourth-order valence-corrected chi connectivity index (χ4v) is 2.10. The molecule has 5 heteroatoms. The molecule has 1 atom stereocenters. The van der Waals surface area contributed by atoms with Crippen LogP contribution < -0.4 is 9.47 Å². The highest BCUT2D eigenvalue weighted by Crippen LogP contribution is 2.17. The fraction of sp³-hybridized carbons (Fsp3) is 0.533. The number of likely N-dealkylation sites (N-methyl/N-ethyl adjacent to an activating group) is 1. The van der Waals surface area contributed by atoms with Gasteiger partial charge in [0.25, 0.3) is 5.91 Å². The molecule has 0 aromatic heterocycles. The van der Waals surface area contributed by atoms with Crippen LogP contribution in [0.1, 0.15) is 12.8 Å². The van der Waals surface area contributed by atoms with Crippen LogP contribution in [0.15, 0.2) is 24.3 Å². The lowest BCUT2D eigenvalue weighted by Gasteiger charge is -2.20. The standard InChI is InChI=1S/C15H21NO4/c1-16(15(17)14-4-3-10-20-14)9-11-19-13-7-5-12(18-2)6-8-13/h5-8,14H,3-4,9-11H2,1-2H3/t14-/m0/s1. The van der Waals surface area contributed by atoms with Gasteiger partial charge in [0.2, 0.25) is 0 Å². The van der Waals surface area contributed by atoms with Gasteiger partial charge in [0, 0.05) is 13.7 Å². The summed E-state index contributed by atoms with van der Waals surface area (Å²) in [7, 11) is 3.41. The Bertz CT molecular complexity index is 426. The maximum Gasteiger partial charge on any atom is 0.251 e. The zero-order valence-electron chi connectivity index (χ0n) is 12.0. The molecule has 1 amide bonds. The van der Waals surface area contributed by atoms with Gasteiger partial charge < -0.3 is 19.1 Å². The average molecular weight is 279 g/mol. The second-order valence-corrected chi connectivity index (χ2v) is 4.79. The van der Waals surface area contributed by atoms with Crippen molar-refractivity contribution < 1.29 is 19.0 Å². The minimum atomic E-state index is -0.263. The van der Waals surface area contributed by atoms with Crippen LogP contribution in [0.2, 0.25) is 0 Å². The number of carbonyl (C=O) groups is 1. The first kappa shape index (κ1) is 14.7. The van der Waals surface area contributed by atoms with Crippen molar-refractivity contribution >= 4 is 5.91 Å². The molecule has 1 fully saturated rings. The van der Waals surface area contributed by atoms with E-state index in [0.29, 0.717) is 19.8 Å². The van der Waals surface area contributed by atoms with E-state index in [2.05, 4.69) is 0 Å². The Morgan fingerprint density at radius 2 is 2.05 bits per heavy atom. The van der Waals surface area contributed by atoms with Gasteiger partial charge in [-0.15, -0.1) is 0 Å². The van der Waals surface area contributed by atoms with Gasteiger partial charge in [-0.2, -0.15) is 0 Å². The van der Waals surface area contributed by atoms with E-state index >= 15 is 0 Å². The topological polar surface area (TPSA) is 48.0 Å². The Kier molecular flexibility index (Phi) is 5.24. The SMILES string of the molecule is COc1ccc(OCCN(C)C(=O)[C@@H]2CCCO2)cc1. The second-order valence-electron chi connectivity index (χ2n) is 4.79. The molecule has 5 nitrogen and oxygen atoms in total. The van der Waals surface area contributed by atoms with Crippen LogP contribution in [-0.2, 0) is 9.53 Å². The number of benzene rings is 1. The highest BCUT2D eigenvalue weighted by Gasteiger charge is 2.26. The normalized spacial score (nSPS) is 17.8. The van der Waals surface area contributed by atoms with Gasteiger partial charge in [-0.3, -0.25) is 4.79 Å². The Morgan fingerprint density at radius 1 is 1.35 bits per heavy atom. The Balaban J connectivity index is 1.72. The summed E-state index contributed by atoms with van der Waals surface area (Å²) in [6, 6.07) is 7.38. The van der Waals surface area contributed by atoms with Crippen LogP contribution in [-0.4, -0.2) is 50.8 Å². The molecule has 0 saturated carbocycles. The molecule has 1 aliphatic rings. The predicted molar refractivity (Wildman–Crippen MR) is 75.1 cm³/mol. The molecule has 0 bridgehead atoms. The van der Waals surface area contributed by atoms with Gasteiger partial charge in [0.1, 0.15) is 24.2 Å². The number of hydrogen-bond acceptors (Lipinski definition) is 4. The zero-order chi connectivity index (χ0) is 14.4. The third-order valence-electron chi connectivity index (χ3n) is 3.34. The molecule has 1 aromatic rings. The Labute approximate surface area is 119 Å². The van der Waals surface area contributed by atoms with Gasteiger partial charge in [-0.25, -0.2) is 0 Å². The van der Waals surface area contributed by atoms with Crippen molar-refractivity contribution in [3.8, 4) is 11.5 Å². The van der Waals surface area contributed by atoms with Crippen LogP contribution in [0.5, 0.6) is 11.5 Å². The molecule has 0 radical (unpaired) electrons. The Morgan fingerprint density at radius 3 is 2.65 bits per heavy atom. The lowest BCUT2D eigenvalue weighted by Crippen LogP contribution is -2.38. The van der Waals surface area contributed by atoms with E-state index in [0.717, 1.165) is 24.3 Å². The summed E-state index contributed by atoms with van der Waals surface area (Å²) in [6.07, 6.45) is 1.52. The minimum absolute atomic E-state index is 0.0424. The molecule has 1 heterocycles. The summed E-state index contributed by atoms with van der Waals surface area (Å²) >= 11 is 0. The maximum atomic E-state index is 12.0. The van der Waals surface area contributed by atoms with Crippen LogP contribution in [0.4, 0.5) is 0 Å². The number of ether oxygens (including phenoxy) is 3. The van der Waals surface area contributed by atoms with E-state index < -0.39 is 0 Å². The molecule has 20 heavy (non-hydrogen) atoms. The van der Waals surface area contributed by atoms with Gasteiger partial charge in [0.05, 0.1) is 13.7 Å². The molecule has 110 valence electrons. The summed E-state index contributed by atoms with van der Waals surface area (Å²) < 4.78 is 16.1. The largest absolute Gasteiger partial charge is 0.497 e. The maximum absolute atomic E-state index is 12.0. The van der Waals surface area contributed by atoms with Crippen LogP contribution in [0, 0.1) is 0 Å². The highest BCUT2D eigenvalue weighted by molar-refractivity contribution is 5.80. The van der Waals surface area contributed by atoms with Gasteiger partial charge in [0.15, 0.2) is 0 Å². The van der Waals surface area contributed by atoms with Crippen LogP contribution >= 0.6 is 0 Å². The van der Waals surface area contributed by atoms with Crippen molar-refractivity contribution in [1.29, 1.82) is 0 Å². The molecule has 1 saturated heterocycles. The fourth-order valence-electron chi connectivity index (χ4n) is 2.10. The van der Waals surface area contributed by atoms with Gasteiger partial charge >= 0.3 is 0 Å². The third kappa shape index (κ3) is 3.87. The highest BCUT2D eigenvalue weighted by atomic mass is 16.5. The molecule has 0 aliphatic carbocycles. The quantitative estimate of drug-likeness (QED) is 0.795. The van der Waals surface area contributed by atoms with E-state index in [1.807, 2.05) is 24.3 Å². The molecule has 2 rings (SSSR count). The van der Waals surface area contributed by atoms with Gasteiger partial charge in [-0.05, 0) is 37.1 Å². The first-order valence-electron chi connectivity index (χ1n) is 6.84. The smallest absolute Gasteiger partial charge is 0.251 e. The third-order valence-corrected chi connectivity index (χ3v) is 3.34. The summed E-state index contributed by atoms with van der Waals surface area (Å²) in [5.74, 6) is 1.60. The van der Waals surface area contributed by atoms with E-state index in [1.54, 1.807) is 19.1 Å². The molecular weight excluding hydrogens is 258 g/mol. The van der Waals surface area contributed by atoms with Crippen molar-refractivity contribution in [2.75, 3.05) is 33.9 Å². The summed E-state index contributed by atoms with van der Waals surface area (Å²) in [5, 5.41) is 0. The first-order chi connectivity index (χ1) is 9.70. The Hall–Kier alpha value is -1.75. The number of amides is 1. The molecule has 1 aromatic carbocycles. The number of carbonyl (C=O) groups excluding carboxylic acids is 1. The summed E-state index contributed by atoms with van der Waals surface area (Å²) in [6.45, 7) is 1.69. The van der Waals surface area contributed by atoms with Crippen LogP contribution in [0.25, 0.3) is 0 Å². The van der Waals surface area contributed by atoms with Crippen molar-refractivity contribution in [2.24, 2.45) is 0 Å².